The molecule has 94 valence electrons. The third kappa shape index (κ3) is 2.24. The van der Waals surface area contributed by atoms with Gasteiger partial charge in [0.1, 0.15) is 0 Å². The summed E-state index contributed by atoms with van der Waals surface area (Å²) in [5, 5.41) is 0. The summed E-state index contributed by atoms with van der Waals surface area (Å²) < 4.78 is 5.59. The maximum absolute atomic E-state index is 5.59. The third-order valence-corrected chi connectivity index (χ3v) is 3.57. The van der Waals surface area contributed by atoms with Crippen LogP contribution >= 0.6 is 0 Å². The number of methoxy groups -OCH3 is 1. The summed E-state index contributed by atoms with van der Waals surface area (Å²) in [6.07, 6.45) is 4.40. The van der Waals surface area contributed by atoms with Gasteiger partial charge in [-0.05, 0) is 31.7 Å². The Morgan fingerprint density at radius 1 is 1.47 bits per heavy atom. The molecule has 0 saturated carbocycles. The van der Waals surface area contributed by atoms with E-state index in [-0.39, 0.29) is 0 Å². The summed E-state index contributed by atoms with van der Waals surface area (Å²) in [6.45, 7) is 7.73. The molecule has 1 aliphatic heterocycles. The van der Waals surface area contributed by atoms with Crippen molar-refractivity contribution in [1.29, 1.82) is 0 Å². The van der Waals surface area contributed by atoms with Crippen molar-refractivity contribution in [2.45, 2.75) is 45.6 Å². The Morgan fingerprint density at radius 2 is 2.24 bits per heavy atom. The number of pyridine rings is 1. The van der Waals surface area contributed by atoms with Crippen molar-refractivity contribution in [3.63, 3.8) is 0 Å². The van der Waals surface area contributed by atoms with Crippen LogP contribution < -0.4 is 9.64 Å². The molecular weight excluding hydrogens is 212 g/mol. The summed E-state index contributed by atoms with van der Waals surface area (Å²) in [4.78, 5) is 6.89. The van der Waals surface area contributed by atoms with Gasteiger partial charge in [-0.3, -0.25) is 0 Å². The Kier molecular flexibility index (Phi) is 3.55. The molecule has 1 unspecified atom stereocenters. The van der Waals surface area contributed by atoms with Crippen LogP contribution in [-0.4, -0.2) is 24.7 Å². The Morgan fingerprint density at radius 3 is 2.76 bits per heavy atom. The van der Waals surface area contributed by atoms with E-state index < -0.39 is 0 Å². The van der Waals surface area contributed by atoms with Crippen molar-refractivity contribution in [3.8, 4) is 5.75 Å². The first-order valence-corrected chi connectivity index (χ1v) is 6.44. The lowest BCUT2D eigenvalue weighted by molar-refractivity contribution is 0.404. The molecule has 0 N–H and O–H groups in total. The number of ether oxygens (including phenoxy) is 1. The van der Waals surface area contributed by atoms with Gasteiger partial charge in [0, 0.05) is 24.3 Å². The molecule has 1 aromatic rings. The Bertz CT molecular complexity index is 390. The van der Waals surface area contributed by atoms with E-state index >= 15 is 0 Å². The minimum atomic E-state index is 0.463. The smallest absolute Gasteiger partial charge is 0.171 e. The van der Waals surface area contributed by atoms with Crippen molar-refractivity contribution >= 4 is 5.82 Å². The zero-order valence-electron chi connectivity index (χ0n) is 11.2. The SMILES string of the molecule is COc1c(C(C)C)ccnc1N1CCCC1C. The third-order valence-electron chi connectivity index (χ3n) is 3.57. The van der Waals surface area contributed by atoms with Crippen LogP contribution in [0.2, 0.25) is 0 Å². The minimum absolute atomic E-state index is 0.463. The van der Waals surface area contributed by atoms with Crippen LogP contribution in [0.15, 0.2) is 12.3 Å². The average molecular weight is 234 g/mol. The highest BCUT2D eigenvalue weighted by molar-refractivity contribution is 5.58. The molecule has 0 aliphatic carbocycles. The van der Waals surface area contributed by atoms with E-state index in [0.717, 1.165) is 18.1 Å². The summed E-state index contributed by atoms with van der Waals surface area (Å²) in [6, 6.07) is 2.63. The van der Waals surface area contributed by atoms with Crippen LogP contribution in [0.25, 0.3) is 0 Å². The number of rotatable bonds is 3. The Hall–Kier alpha value is -1.25. The molecule has 3 heteroatoms. The Balaban J connectivity index is 2.42. The molecule has 0 amide bonds. The predicted octanol–water partition coefficient (Wildman–Crippen LogP) is 3.20. The number of nitrogens with zero attached hydrogens (tertiary/aromatic N) is 2. The second-order valence-electron chi connectivity index (χ2n) is 5.10. The molecule has 2 heterocycles. The van der Waals surface area contributed by atoms with Crippen LogP contribution in [0.4, 0.5) is 5.82 Å². The molecule has 0 aromatic carbocycles. The first-order valence-electron chi connectivity index (χ1n) is 6.44. The summed E-state index contributed by atoms with van der Waals surface area (Å²) >= 11 is 0. The fourth-order valence-corrected chi connectivity index (χ4v) is 2.57. The molecular formula is C14H22N2O. The highest BCUT2D eigenvalue weighted by Gasteiger charge is 2.26. The molecule has 17 heavy (non-hydrogen) atoms. The lowest BCUT2D eigenvalue weighted by Crippen LogP contribution is -2.27. The van der Waals surface area contributed by atoms with Crippen LogP contribution in [-0.2, 0) is 0 Å². The lowest BCUT2D eigenvalue weighted by Gasteiger charge is -2.26. The molecule has 0 spiro atoms. The average Bonchev–Trinajstić information content (AvgIpc) is 2.74. The zero-order valence-corrected chi connectivity index (χ0v) is 11.2. The van der Waals surface area contributed by atoms with Gasteiger partial charge in [0.25, 0.3) is 0 Å². The maximum Gasteiger partial charge on any atom is 0.171 e. The van der Waals surface area contributed by atoms with Crippen molar-refractivity contribution < 1.29 is 4.74 Å². The predicted molar refractivity (Wildman–Crippen MR) is 70.9 cm³/mol. The van der Waals surface area contributed by atoms with E-state index in [1.165, 1.54) is 18.4 Å². The Labute approximate surface area is 104 Å². The first-order chi connectivity index (χ1) is 8.15. The molecule has 1 atom stereocenters. The van der Waals surface area contributed by atoms with Crippen LogP contribution in [0.1, 0.15) is 45.1 Å². The number of aromatic nitrogens is 1. The van der Waals surface area contributed by atoms with Crippen LogP contribution in [0.5, 0.6) is 5.75 Å². The fraction of sp³-hybridized carbons (Fsp3) is 0.643. The molecule has 1 aliphatic rings. The first kappa shape index (κ1) is 12.2. The zero-order chi connectivity index (χ0) is 12.4. The second kappa shape index (κ2) is 4.94. The van der Waals surface area contributed by atoms with Gasteiger partial charge in [0.2, 0.25) is 0 Å². The van der Waals surface area contributed by atoms with Crippen LogP contribution in [0, 0.1) is 0 Å². The molecule has 0 radical (unpaired) electrons. The van der Waals surface area contributed by atoms with E-state index in [1.807, 2.05) is 6.20 Å². The van der Waals surface area contributed by atoms with Gasteiger partial charge in [0.15, 0.2) is 11.6 Å². The topological polar surface area (TPSA) is 25.4 Å². The molecule has 3 nitrogen and oxygen atoms in total. The maximum atomic E-state index is 5.59. The van der Waals surface area contributed by atoms with Crippen molar-refractivity contribution in [3.05, 3.63) is 17.8 Å². The standard InChI is InChI=1S/C14H22N2O/c1-10(2)12-7-8-15-14(13(12)17-4)16-9-5-6-11(16)3/h7-8,10-11H,5-6,9H2,1-4H3. The summed E-state index contributed by atoms with van der Waals surface area (Å²) in [7, 11) is 1.74. The van der Waals surface area contributed by atoms with Gasteiger partial charge >= 0.3 is 0 Å². The van der Waals surface area contributed by atoms with Crippen LogP contribution in [0.3, 0.4) is 0 Å². The quantitative estimate of drug-likeness (QED) is 0.803. The largest absolute Gasteiger partial charge is 0.493 e. The highest BCUT2D eigenvalue weighted by Crippen LogP contribution is 2.36. The van der Waals surface area contributed by atoms with E-state index in [9.17, 15) is 0 Å². The number of hydrogen-bond donors (Lipinski definition) is 0. The van der Waals surface area contributed by atoms with Gasteiger partial charge in [-0.2, -0.15) is 0 Å². The van der Waals surface area contributed by atoms with E-state index in [0.29, 0.717) is 12.0 Å². The molecule has 2 rings (SSSR count). The summed E-state index contributed by atoms with van der Waals surface area (Å²) in [5.74, 6) is 2.43. The second-order valence-corrected chi connectivity index (χ2v) is 5.10. The van der Waals surface area contributed by atoms with E-state index in [4.69, 9.17) is 4.74 Å². The van der Waals surface area contributed by atoms with Gasteiger partial charge in [-0.15, -0.1) is 0 Å². The molecule has 1 aromatic heterocycles. The van der Waals surface area contributed by atoms with Crippen molar-refractivity contribution in [2.24, 2.45) is 0 Å². The fourth-order valence-electron chi connectivity index (χ4n) is 2.57. The van der Waals surface area contributed by atoms with Gasteiger partial charge < -0.3 is 9.64 Å². The molecule has 0 bridgehead atoms. The minimum Gasteiger partial charge on any atom is -0.493 e. The van der Waals surface area contributed by atoms with E-state index in [2.05, 4.69) is 36.7 Å². The van der Waals surface area contributed by atoms with Crippen molar-refractivity contribution in [1.82, 2.24) is 4.98 Å². The number of hydrogen-bond acceptors (Lipinski definition) is 3. The molecule has 1 saturated heterocycles. The van der Waals surface area contributed by atoms with Gasteiger partial charge in [0.05, 0.1) is 7.11 Å². The van der Waals surface area contributed by atoms with E-state index in [1.54, 1.807) is 7.11 Å². The molecule has 1 fully saturated rings. The number of anilines is 1. The monoisotopic (exact) mass is 234 g/mol. The van der Waals surface area contributed by atoms with Gasteiger partial charge in [-0.1, -0.05) is 13.8 Å². The summed E-state index contributed by atoms with van der Waals surface area (Å²) in [5.41, 5.74) is 1.25. The van der Waals surface area contributed by atoms with Gasteiger partial charge in [-0.25, -0.2) is 4.98 Å². The normalized spacial score (nSPS) is 20.1. The highest BCUT2D eigenvalue weighted by atomic mass is 16.5. The lowest BCUT2D eigenvalue weighted by atomic mass is 10.0. The van der Waals surface area contributed by atoms with Crippen molar-refractivity contribution in [2.75, 3.05) is 18.6 Å².